The van der Waals surface area contributed by atoms with E-state index in [0.717, 1.165) is 0 Å². The zero-order valence-corrected chi connectivity index (χ0v) is 5.13. The van der Waals surface area contributed by atoms with E-state index in [4.69, 9.17) is 5.11 Å². The zero-order valence-electron chi connectivity index (χ0n) is 5.13. The van der Waals surface area contributed by atoms with Crippen LogP contribution in [-0.2, 0) is 4.79 Å². The van der Waals surface area contributed by atoms with Crippen LogP contribution in [0.25, 0.3) is 0 Å². The van der Waals surface area contributed by atoms with Gasteiger partial charge in [-0.1, -0.05) is 0 Å². The molecule has 0 aromatic heterocycles. The van der Waals surface area contributed by atoms with Gasteiger partial charge in [0.25, 0.3) is 0 Å². The van der Waals surface area contributed by atoms with Crippen molar-refractivity contribution in [1.82, 2.24) is 5.32 Å². The Balaban J connectivity index is 2.75. The minimum atomic E-state index is -1.12. The standard InChI is InChI=1S/C5H6N2O3/c8-4(9)3-1-2-6-5(10)7-3/h1-2H2,(H,6,10)(H,8,9). The van der Waals surface area contributed by atoms with Gasteiger partial charge in [0.15, 0.2) is 0 Å². The first-order chi connectivity index (χ1) is 4.70. The van der Waals surface area contributed by atoms with Gasteiger partial charge in [-0.25, -0.2) is 9.59 Å². The largest absolute Gasteiger partial charge is 0.477 e. The Bertz CT molecular complexity index is 209. The van der Waals surface area contributed by atoms with E-state index in [2.05, 4.69) is 10.3 Å². The Morgan fingerprint density at radius 2 is 2.40 bits per heavy atom. The molecule has 0 bridgehead atoms. The summed E-state index contributed by atoms with van der Waals surface area (Å²) in [5.74, 6) is -1.12. The second kappa shape index (κ2) is 2.47. The maximum Gasteiger partial charge on any atom is 0.350 e. The minimum Gasteiger partial charge on any atom is -0.477 e. The first-order valence-electron chi connectivity index (χ1n) is 2.79. The van der Waals surface area contributed by atoms with Crippen LogP contribution >= 0.6 is 0 Å². The number of carboxylic acid groups (broad SMARTS) is 1. The molecule has 0 aromatic rings. The van der Waals surface area contributed by atoms with E-state index in [1.165, 1.54) is 0 Å². The lowest BCUT2D eigenvalue weighted by atomic mass is 10.2. The summed E-state index contributed by atoms with van der Waals surface area (Å²) in [5.41, 5.74) is -0.0660. The highest BCUT2D eigenvalue weighted by molar-refractivity contribution is 6.37. The Morgan fingerprint density at radius 3 is 2.80 bits per heavy atom. The van der Waals surface area contributed by atoms with Gasteiger partial charge in [-0.15, -0.1) is 0 Å². The molecule has 0 aromatic carbocycles. The summed E-state index contributed by atoms with van der Waals surface area (Å²) in [6, 6.07) is -0.566. The quantitative estimate of drug-likeness (QED) is 0.524. The summed E-state index contributed by atoms with van der Waals surface area (Å²) in [6.45, 7) is 0.365. The van der Waals surface area contributed by atoms with Gasteiger partial charge in [0.05, 0.1) is 0 Å². The Kier molecular flexibility index (Phi) is 1.66. The van der Waals surface area contributed by atoms with Gasteiger partial charge in [-0.3, -0.25) is 0 Å². The molecule has 2 N–H and O–H groups in total. The molecule has 1 aliphatic heterocycles. The van der Waals surface area contributed by atoms with Crippen LogP contribution in [0.4, 0.5) is 4.79 Å². The summed E-state index contributed by atoms with van der Waals surface area (Å²) in [7, 11) is 0. The molecule has 1 rings (SSSR count). The van der Waals surface area contributed by atoms with Crippen LogP contribution < -0.4 is 5.32 Å². The molecule has 0 aliphatic carbocycles. The van der Waals surface area contributed by atoms with Gasteiger partial charge < -0.3 is 10.4 Å². The lowest BCUT2D eigenvalue weighted by Crippen LogP contribution is -2.32. The molecule has 2 amide bonds. The van der Waals surface area contributed by atoms with Crippen molar-refractivity contribution in [3.05, 3.63) is 0 Å². The molecule has 1 aliphatic rings. The van der Waals surface area contributed by atoms with Crippen LogP contribution in [0.15, 0.2) is 4.99 Å². The van der Waals surface area contributed by atoms with Crippen molar-refractivity contribution >= 4 is 17.7 Å². The molecule has 0 fully saturated rings. The van der Waals surface area contributed by atoms with Crippen molar-refractivity contribution in [1.29, 1.82) is 0 Å². The number of rotatable bonds is 1. The highest BCUT2D eigenvalue weighted by Gasteiger charge is 2.15. The van der Waals surface area contributed by atoms with Gasteiger partial charge in [-0.05, 0) is 0 Å². The number of urea groups is 1. The van der Waals surface area contributed by atoms with E-state index in [1.807, 2.05) is 0 Å². The molecule has 0 saturated carbocycles. The van der Waals surface area contributed by atoms with Crippen molar-refractivity contribution in [2.45, 2.75) is 6.42 Å². The van der Waals surface area contributed by atoms with E-state index in [9.17, 15) is 9.59 Å². The topological polar surface area (TPSA) is 78.8 Å². The van der Waals surface area contributed by atoms with E-state index in [-0.39, 0.29) is 5.71 Å². The predicted molar refractivity (Wildman–Crippen MR) is 33.1 cm³/mol. The highest BCUT2D eigenvalue weighted by atomic mass is 16.4. The van der Waals surface area contributed by atoms with Crippen LogP contribution in [-0.4, -0.2) is 29.4 Å². The van der Waals surface area contributed by atoms with Gasteiger partial charge in [0.1, 0.15) is 5.71 Å². The SMILES string of the molecule is O=C1N=C(C(=O)O)CCN1. The molecular formula is C5H6N2O3. The summed E-state index contributed by atoms with van der Waals surface area (Å²) in [6.07, 6.45) is 0.307. The molecule has 0 saturated heterocycles. The lowest BCUT2D eigenvalue weighted by Gasteiger charge is -2.07. The Labute approximate surface area is 56.8 Å². The van der Waals surface area contributed by atoms with Gasteiger partial charge in [0, 0.05) is 13.0 Å². The molecule has 5 heteroatoms. The molecule has 0 unspecified atom stereocenters. The van der Waals surface area contributed by atoms with Crippen molar-refractivity contribution in [3.8, 4) is 0 Å². The van der Waals surface area contributed by atoms with Gasteiger partial charge in [-0.2, -0.15) is 4.99 Å². The van der Waals surface area contributed by atoms with Crippen molar-refractivity contribution in [2.24, 2.45) is 4.99 Å². The van der Waals surface area contributed by atoms with E-state index >= 15 is 0 Å². The first-order valence-corrected chi connectivity index (χ1v) is 2.79. The fourth-order valence-corrected chi connectivity index (χ4v) is 0.661. The number of aliphatic carboxylic acids is 1. The molecule has 0 atom stereocenters. The van der Waals surface area contributed by atoms with Crippen LogP contribution in [0, 0.1) is 0 Å². The second-order valence-electron chi connectivity index (χ2n) is 1.85. The monoisotopic (exact) mass is 142 g/mol. The molecule has 54 valence electrons. The van der Waals surface area contributed by atoms with Crippen LogP contribution in [0.1, 0.15) is 6.42 Å². The van der Waals surface area contributed by atoms with E-state index < -0.39 is 12.0 Å². The maximum absolute atomic E-state index is 10.4. The minimum absolute atomic E-state index is 0.0660. The summed E-state index contributed by atoms with van der Waals surface area (Å²) in [4.78, 5) is 23.9. The molecule has 5 nitrogen and oxygen atoms in total. The number of hydrogen-bond donors (Lipinski definition) is 2. The second-order valence-corrected chi connectivity index (χ2v) is 1.85. The summed E-state index contributed by atoms with van der Waals surface area (Å²) in [5, 5.41) is 10.7. The maximum atomic E-state index is 10.4. The van der Waals surface area contributed by atoms with E-state index in [0.29, 0.717) is 13.0 Å². The van der Waals surface area contributed by atoms with Gasteiger partial charge >= 0.3 is 12.0 Å². The predicted octanol–water partition coefficient (Wildman–Crippen LogP) is -0.375. The molecule has 0 spiro atoms. The number of carboxylic acids is 1. The average Bonchev–Trinajstić information content (AvgIpc) is 1.88. The normalized spacial score (nSPS) is 17.6. The highest BCUT2D eigenvalue weighted by Crippen LogP contribution is 1.93. The Morgan fingerprint density at radius 1 is 1.70 bits per heavy atom. The third kappa shape index (κ3) is 1.31. The summed E-state index contributed by atoms with van der Waals surface area (Å²) >= 11 is 0. The molecule has 0 radical (unpaired) electrons. The van der Waals surface area contributed by atoms with Crippen molar-refractivity contribution in [3.63, 3.8) is 0 Å². The molecule has 1 heterocycles. The van der Waals surface area contributed by atoms with Crippen molar-refractivity contribution < 1.29 is 14.7 Å². The number of nitrogens with one attached hydrogen (secondary N) is 1. The number of amides is 2. The lowest BCUT2D eigenvalue weighted by molar-refractivity contribution is -0.129. The third-order valence-electron chi connectivity index (χ3n) is 1.12. The van der Waals surface area contributed by atoms with Gasteiger partial charge in [0.2, 0.25) is 0 Å². The Hall–Kier alpha value is -1.39. The van der Waals surface area contributed by atoms with Crippen LogP contribution in [0.5, 0.6) is 0 Å². The molecule has 10 heavy (non-hydrogen) atoms. The first kappa shape index (κ1) is 6.73. The van der Waals surface area contributed by atoms with Crippen LogP contribution in [0.3, 0.4) is 0 Å². The number of aliphatic imine (C=N–C) groups is 1. The zero-order chi connectivity index (χ0) is 7.56. The fourth-order valence-electron chi connectivity index (χ4n) is 0.661. The molecular weight excluding hydrogens is 136 g/mol. The fraction of sp³-hybridized carbons (Fsp3) is 0.400. The number of carbonyl (C=O) groups is 2. The number of hydrogen-bond acceptors (Lipinski definition) is 2. The average molecular weight is 142 g/mol. The van der Waals surface area contributed by atoms with E-state index in [1.54, 1.807) is 0 Å². The summed E-state index contributed by atoms with van der Waals surface area (Å²) < 4.78 is 0. The van der Waals surface area contributed by atoms with Crippen LogP contribution in [0.2, 0.25) is 0 Å². The number of nitrogens with zero attached hydrogens (tertiary/aromatic N) is 1. The van der Waals surface area contributed by atoms with Crippen molar-refractivity contribution in [2.75, 3.05) is 6.54 Å². The smallest absolute Gasteiger partial charge is 0.350 e. The third-order valence-corrected chi connectivity index (χ3v) is 1.12. The number of carbonyl (C=O) groups excluding carboxylic acids is 1.